The first-order valence-electron chi connectivity index (χ1n) is 9.39. The standard InChI is InChI=1S/C22H25NO3/c1-23(16-17-9-10-19-20(15-17)26-14-13-25-19)21(24)22(11-5-6-12-22)18-7-3-2-4-8-18/h2-4,7-10,15H,5-6,11-14,16H2,1H3. The highest BCUT2D eigenvalue weighted by Gasteiger charge is 2.44. The molecule has 0 aromatic heterocycles. The van der Waals surface area contributed by atoms with Gasteiger partial charge in [0.25, 0.3) is 0 Å². The van der Waals surface area contributed by atoms with Gasteiger partial charge in [0.2, 0.25) is 5.91 Å². The summed E-state index contributed by atoms with van der Waals surface area (Å²) < 4.78 is 11.2. The molecule has 4 nitrogen and oxygen atoms in total. The molecular formula is C22H25NO3. The van der Waals surface area contributed by atoms with E-state index in [1.807, 2.05) is 48.3 Å². The lowest BCUT2D eigenvalue weighted by Gasteiger charge is -2.33. The average molecular weight is 351 g/mol. The van der Waals surface area contributed by atoms with E-state index in [1.165, 1.54) is 0 Å². The van der Waals surface area contributed by atoms with Gasteiger partial charge in [0.1, 0.15) is 13.2 Å². The van der Waals surface area contributed by atoms with Crippen molar-refractivity contribution in [1.82, 2.24) is 4.90 Å². The maximum Gasteiger partial charge on any atom is 0.233 e. The van der Waals surface area contributed by atoms with Crippen LogP contribution in [0.3, 0.4) is 0 Å². The second-order valence-corrected chi connectivity index (χ2v) is 7.29. The van der Waals surface area contributed by atoms with Crippen LogP contribution in [0.1, 0.15) is 36.8 Å². The van der Waals surface area contributed by atoms with Crippen LogP contribution in [0.25, 0.3) is 0 Å². The summed E-state index contributed by atoms with van der Waals surface area (Å²) in [6.45, 7) is 1.73. The lowest BCUT2D eigenvalue weighted by molar-refractivity contribution is -0.136. The number of ether oxygens (including phenoxy) is 2. The van der Waals surface area contributed by atoms with Gasteiger partial charge in [0, 0.05) is 13.6 Å². The number of benzene rings is 2. The molecule has 1 aliphatic carbocycles. The number of hydrogen-bond acceptors (Lipinski definition) is 3. The van der Waals surface area contributed by atoms with E-state index in [1.54, 1.807) is 0 Å². The van der Waals surface area contributed by atoms with Crippen molar-refractivity contribution in [3.05, 3.63) is 59.7 Å². The molecule has 0 spiro atoms. The third-order valence-corrected chi connectivity index (χ3v) is 5.57. The predicted molar refractivity (Wildman–Crippen MR) is 100 cm³/mol. The molecule has 1 fully saturated rings. The fourth-order valence-corrected chi connectivity index (χ4v) is 4.26. The molecule has 4 rings (SSSR count). The van der Waals surface area contributed by atoms with Crippen LogP contribution in [0.4, 0.5) is 0 Å². The van der Waals surface area contributed by atoms with Gasteiger partial charge in [-0.05, 0) is 36.1 Å². The average Bonchev–Trinajstić information content (AvgIpc) is 3.19. The van der Waals surface area contributed by atoms with Gasteiger partial charge in [-0.15, -0.1) is 0 Å². The van der Waals surface area contributed by atoms with E-state index in [9.17, 15) is 4.79 Å². The molecule has 4 heteroatoms. The van der Waals surface area contributed by atoms with E-state index in [0.717, 1.165) is 48.3 Å². The predicted octanol–water partition coefficient (Wildman–Crippen LogP) is 3.93. The number of hydrogen-bond donors (Lipinski definition) is 0. The molecule has 136 valence electrons. The smallest absolute Gasteiger partial charge is 0.233 e. The molecule has 26 heavy (non-hydrogen) atoms. The minimum absolute atomic E-state index is 0.219. The second kappa shape index (κ2) is 7.02. The number of fused-ring (bicyclic) bond motifs is 1. The molecule has 0 N–H and O–H groups in total. The van der Waals surface area contributed by atoms with Crippen LogP contribution in [0.15, 0.2) is 48.5 Å². The minimum Gasteiger partial charge on any atom is -0.486 e. The van der Waals surface area contributed by atoms with Crippen LogP contribution in [0.2, 0.25) is 0 Å². The molecule has 1 amide bonds. The summed E-state index contributed by atoms with van der Waals surface area (Å²) in [6, 6.07) is 16.2. The zero-order chi connectivity index (χ0) is 18.0. The van der Waals surface area contributed by atoms with Gasteiger partial charge in [0.15, 0.2) is 11.5 Å². The molecule has 0 unspecified atom stereocenters. The molecule has 1 heterocycles. The monoisotopic (exact) mass is 351 g/mol. The summed E-state index contributed by atoms with van der Waals surface area (Å²) in [5, 5.41) is 0. The topological polar surface area (TPSA) is 38.8 Å². The summed E-state index contributed by atoms with van der Waals surface area (Å²) in [5.41, 5.74) is 1.84. The largest absolute Gasteiger partial charge is 0.486 e. The molecule has 0 atom stereocenters. The molecule has 2 aliphatic rings. The van der Waals surface area contributed by atoms with E-state index >= 15 is 0 Å². The Balaban J connectivity index is 1.55. The molecule has 0 bridgehead atoms. The van der Waals surface area contributed by atoms with Crippen molar-refractivity contribution in [2.24, 2.45) is 0 Å². The molecule has 2 aromatic carbocycles. The van der Waals surface area contributed by atoms with Crippen molar-refractivity contribution >= 4 is 5.91 Å². The van der Waals surface area contributed by atoms with E-state index < -0.39 is 0 Å². The first kappa shape index (κ1) is 17.0. The third-order valence-electron chi connectivity index (χ3n) is 5.57. The van der Waals surface area contributed by atoms with E-state index in [0.29, 0.717) is 19.8 Å². The Bertz CT molecular complexity index is 781. The minimum atomic E-state index is -0.371. The molecule has 0 radical (unpaired) electrons. The third kappa shape index (κ3) is 3.05. The van der Waals surface area contributed by atoms with Crippen molar-refractivity contribution < 1.29 is 14.3 Å². The highest BCUT2D eigenvalue weighted by atomic mass is 16.6. The van der Waals surface area contributed by atoms with Gasteiger partial charge in [-0.25, -0.2) is 0 Å². The Labute approximate surface area is 154 Å². The van der Waals surface area contributed by atoms with Crippen molar-refractivity contribution in [2.75, 3.05) is 20.3 Å². The normalized spacial score (nSPS) is 17.7. The zero-order valence-electron chi connectivity index (χ0n) is 15.2. The van der Waals surface area contributed by atoms with Gasteiger partial charge >= 0.3 is 0 Å². The number of likely N-dealkylation sites (N-methyl/N-ethyl adjacent to an activating group) is 1. The molecular weight excluding hydrogens is 326 g/mol. The Morgan fingerprint density at radius 1 is 1.00 bits per heavy atom. The van der Waals surface area contributed by atoms with Gasteiger partial charge < -0.3 is 14.4 Å². The Morgan fingerprint density at radius 2 is 1.69 bits per heavy atom. The summed E-state index contributed by atoms with van der Waals surface area (Å²) in [6.07, 6.45) is 4.08. The highest BCUT2D eigenvalue weighted by molar-refractivity contribution is 5.88. The van der Waals surface area contributed by atoms with Crippen LogP contribution in [-0.4, -0.2) is 31.1 Å². The van der Waals surface area contributed by atoms with Gasteiger partial charge in [0.05, 0.1) is 5.41 Å². The lowest BCUT2D eigenvalue weighted by atomic mass is 9.77. The van der Waals surface area contributed by atoms with Crippen molar-refractivity contribution in [3.63, 3.8) is 0 Å². The van der Waals surface area contributed by atoms with Crippen LogP contribution in [0, 0.1) is 0 Å². The number of nitrogens with zero attached hydrogens (tertiary/aromatic N) is 1. The SMILES string of the molecule is CN(Cc1ccc2c(c1)OCCO2)C(=O)C1(c2ccccc2)CCCC1. The molecule has 1 saturated carbocycles. The van der Waals surface area contributed by atoms with E-state index in [-0.39, 0.29) is 11.3 Å². The van der Waals surface area contributed by atoms with Crippen LogP contribution >= 0.6 is 0 Å². The van der Waals surface area contributed by atoms with Crippen molar-refractivity contribution in [1.29, 1.82) is 0 Å². The van der Waals surface area contributed by atoms with Crippen LogP contribution in [-0.2, 0) is 16.8 Å². The van der Waals surface area contributed by atoms with Crippen LogP contribution < -0.4 is 9.47 Å². The maximum atomic E-state index is 13.4. The van der Waals surface area contributed by atoms with Crippen LogP contribution in [0.5, 0.6) is 11.5 Å². The molecule has 1 aliphatic heterocycles. The molecule has 2 aromatic rings. The first-order valence-corrected chi connectivity index (χ1v) is 9.39. The van der Waals surface area contributed by atoms with E-state index in [4.69, 9.17) is 9.47 Å². The Hall–Kier alpha value is -2.49. The van der Waals surface area contributed by atoms with E-state index in [2.05, 4.69) is 12.1 Å². The van der Waals surface area contributed by atoms with Gasteiger partial charge in [-0.3, -0.25) is 4.79 Å². The fraction of sp³-hybridized carbons (Fsp3) is 0.409. The van der Waals surface area contributed by atoms with Crippen molar-refractivity contribution in [2.45, 2.75) is 37.6 Å². The molecule has 0 saturated heterocycles. The maximum absolute atomic E-state index is 13.4. The summed E-state index contributed by atoms with van der Waals surface area (Å²) in [4.78, 5) is 15.3. The summed E-state index contributed by atoms with van der Waals surface area (Å²) in [7, 11) is 1.90. The lowest BCUT2D eigenvalue weighted by Crippen LogP contribution is -2.43. The fourth-order valence-electron chi connectivity index (χ4n) is 4.26. The highest BCUT2D eigenvalue weighted by Crippen LogP contribution is 2.42. The summed E-state index contributed by atoms with van der Waals surface area (Å²) in [5.74, 6) is 1.77. The summed E-state index contributed by atoms with van der Waals surface area (Å²) >= 11 is 0. The quantitative estimate of drug-likeness (QED) is 0.838. The van der Waals surface area contributed by atoms with Gasteiger partial charge in [-0.2, -0.15) is 0 Å². The number of carbonyl (C=O) groups excluding carboxylic acids is 1. The Kier molecular flexibility index (Phi) is 4.58. The van der Waals surface area contributed by atoms with Gasteiger partial charge in [-0.1, -0.05) is 49.2 Å². The zero-order valence-corrected chi connectivity index (χ0v) is 15.2. The number of carbonyl (C=O) groups is 1. The number of amides is 1. The van der Waals surface area contributed by atoms with Crippen molar-refractivity contribution in [3.8, 4) is 11.5 Å². The second-order valence-electron chi connectivity index (χ2n) is 7.29. The Morgan fingerprint density at radius 3 is 2.42 bits per heavy atom. The first-order chi connectivity index (χ1) is 12.7. The number of rotatable bonds is 4.